The van der Waals surface area contributed by atoms with E-state index >= 15 is 0 Å². The molecule has 5 nitrogen and oxygen atoms in total. The quantitative estimate of drug-likeness (QED) is 0.932. The number of nitrogens with one attached hydrogen (secondary N) is 1. The zero-order valence-corrected chi connectivity index (χ0v) is 11.4. The van der Waals surface area contributed by atoms with Gasteiger partial charge < -0.3 is 14.6 Å². The van der Waals surface area contributed by atoms with Crippen LogP contribution in [0.15, 0.2) is 22.7 Å². The van der Waals surface area contributed by atoms with Crippen molar-refractivity contribution in [3.8, 4) is 17.1 Å². The summed E-state index contributed by atoms with van der Waals surface area (Å²) in [7, 11) is 1.43. The maximum Gasteiger partial charge on any atom is 0.231 e. The molecule has 1 fully saturated rings. The minimum atomic E-state index is -0.409. The second-order valence-electron chi connectivity index (χ2n) is 5.05. The average molecular weight is 277 g/mol. The minimum Gasteiger partial charge on any atom is -0.494 e. The lowest BCUT2D eigenvalue weighted by Crippen LogP contribution is -2.08. The topological polar surface area (TPSA) is 60.2 Å². The van der Waals surface area contributed by atoms with E-state index in [4.69, 9.17) is 9.26 Å². The van der Waals surface area contributed by atoms with Gasteiger partial charge in [-0.1, -0.05) is 12.1 Å². The Morgan fingerprint density at radius 3 is 2.95 bits per heavy atom. The molecule has 2 heterocycles. The second-order valence-corrected chi connectivity index (χ2v) is 5.05. The largest absolute Gasteiger partial charge is 0.494 e. The summed E-state index contributed by atoms with van der Waals surface area (Å²) in [6.45, 7) is 3.94. The standard InChI is InChI=1S/C14H16FN3O2/c1-8-6-16-7-10(8)14-17-13(18-20-14)9-3-4-11(15)12(5-9)19-2/h3-5,8,10,16H,6-7H2,1-2H3/t8-,10-/m1/s1. The van der Waals surface area contributed by atoms with Crippen molar-refractivity contribution in [1.82, 2.24) is 15.5 Å². The van der Waals surface area contributed by atoms with Crippen LogP contribution < -0.4 is 10.1 Å². The van der Waals surface area contributed by atoms with E-state index in [2.05, 4.69) is 22.4 Å². The fourth-order valence-electron chi connectivity index (χ4n) is 2.44. The maximum absolute atomic E-state index is 13.4. The highest BCUT2D eigenvalue weighted by Crippen LogP contribution is 2.29. The van der Waals surface area contributed by atoms with Crippen LogP contribution in [0.25, 0.3) is 11.4 Å². The van der Waals surface area contributed by atoms with Gasteiger partial charge >= 0.3 is 0 Å². The first kappa shape index (κ1) is 13.1. The van der Waals surface area contributed by atoms with Gasteiger partial charge in [-0.25, -0.2) is 4.39 Å². The molecule has 0 aliphatic carbocycles. The molecule has 1 saturated heterocycles. The van der Waals surface area contributed by atoms with E-state index in [0.29, 0.717) is 23.2 Å². The fraction of sp³-hybridized carbons (Fsp3) is 0.429. The molecule has 0 spiro atoms. The normalized spacial score (nSPS) is 22.1. The lowest BCUT2D eigenvalue weighted by Gasteiger charge is -2.07. The summed E-state index contributed by atoms with van der Waals surface area (Å²) in [4.78, 5) is 4.42. The smallest absolute Gasteiger partial charge is 0.231 e. The van der Waals surface area contributed by atoms with Crippen molar-refractivity contribution in [2.24, 2.45) is 5.92 Å². The Balaban J connectivity index is 1.90. The molecule has 1 aromatic heterocycles. The van der Waals surface area contributed by atoms with Gasteiger partial charge in [-0.15, -0.1) is 0 Å². The Bertz CT molecular complexity index is 614. The van der Waals surface area contributed by atoms with Crippen LogP contribution in [0.4, 0.5) is 4.39 Å². The Kier molecular flexibility index (Phi) is 3.40. The molecule has 1 N–H and O–H groups in total. The average Bonchev–Trinajstić information content (AvgIpc) is 3.08. The molecule has 1 aromatic carbocycles. The van der Waals surface area contributed by atoms with Crippen molar-refractivity contribution < 1.29 is 13.7 Å². The summed E-state index contributed by atoms with van der Waals surface area (Å²) in [6, 6.07) is 4.52. The number of hydrogen-bond donors (Lipinski definition) is 1. The summed E-state index contributed by atoms with van der Waals surface area (Å²) in [5.74, 6) is 1.54. The van der Waals surface area contributed by atoms with Crippen LogP contribution in [0.5, 0.6) is 5.75 Å². The molecule has 1 aliphatic heterocycles. The van der Waals surface area contributed by atoms with Gasteiger partial charge in [-0.05, 0) is 30.7 Å². The monoisotopic (exact) mass is 277 g/mol. The molecule has 0 saturated carbocycles. The zero-order chi connectivity index (χ0) is 14.1. The first-order valence-corrected chi connectivity index (χ1v) is 6.57. The second kappa shape index (κ2) is 5.20. The highest BCUT2D eigenvalue weighted by Gasteiger charge is 2.29. The number of rotatable bonds is 3. The van der Waals surface area contributed by atoms with Crippen LogP contribution in [-0.2, 0) is 0 Å². The molecule has 2 aromatic rings. The van der Waals surface area contributed by atoms with Gasteiger partial charge in [0.2, 0.25) is 11.7 Å². The summed E-state index contributed by atoms with van der Waals surface area (Å²) < 4.78 is 23.7. The van der Waals surface area contributed by atoms with Gasteiger partial charge in [0.25, 0.3) is 0 Å². The SMILES string of the molecule is COc1cc(-c2noc([C@@H]3CNC[C@H]3C)n2)ccc1F. The van der Waals surface area contributed by atoms with Crippen LogP contribution in [-0.4, -0.2) is 30.3 Å². The number of halogens is 1. The summed E-state index contributed by atoms with van der Waals surface area (Å²) >= 11 is 0. The van der Waals surface area contributed by atoms with Crippen molar-refractivity contribution in [3.63, 3.8) is 0 Å². The fourth-order valence-corrected chi connectivity index (χ4v) is 2.44. The lowest BCUT2D eigenvalue weighted by atomic mass is 9.98. The Morgan fingerprint density at radius 2 is 2.25 bits per heavy atom. The Hall–Kier alpha value is -1.95. The van der Waals surface area contributed by atoms with Crippen LogP contribution in [0.2, 0.25) is 0 Å². The van der Waals surface area contributed by atoms with Gasteiger partial charge in [-0.3, -0.25) is 0 Å². The number of aromatic nitrogens is 2. The van der Waals surface area contributed by atoms with E-state index in [1.807, 2.05) is 0 Å². The van der Waals surface area contributed by atoms with Crippen molar-refractivity contribution in [3.05, 3.63) is 29.9 Å². The first-order valence-electron chi connectivity index (χ1n) is 6.57. The number of hydrogen-bond acceptors (Lipinski definition) is 5. The van der Waals surface area contributed by atoms with E-state index < -0.39 is 5.82 Å². The third-order valence-electron chi connectivity index (χ3n) is 3.69. The Morgan fingerprint density at radius 1 is 1.40 bits per heavy atom. The molecule has 106 valence electrons. The molecule has 6 heteroatoms. The number of methoxy groups -OCH3 is 1. The van der Waals surface area contributed by atoms with Crippen LogP contribution in [0, 0.1) is 11.7 Å². The van der Waals surface area contributed by atoms with Crippen molar-refractivity contribution in [2.75, 3.05) is 20.2 Å². The van der Waals surface area contributed by atoms with E-state index in [1.165, 1.54) is 13.2 Å². The van der Waals surface area contributed by atoms with Gasteiger partial charge in [0.15, 0.2) is 11.6 Å². The Labute approximate surface area is 116 Å². The van der Waals surface area contributed by atoms with E-state index in [9.17, 15) is 4.39 Å². The molecule has 0 amide bonds. The zero-order valence-electron chi connectivity index (χ0n) is 11.4. The maximum atomic E-state index is 13.4. The van der Waals surface area contributed by atoms with Gasteiger partial charge in [-0.2, -0.15) is 4.98 Å². The first-order chi connectivity index (χ1) is 9.69. The molecule has 0 unspecified atom stereocenters. The minimum absolute atomic E-state index is 0.171. The molecular weight excluding hydrogens is 261 g/mol. The number of benzene rings is 1. The third-order valence-corrected chi connectivity index (χ3v) is 3.69. The summed E-state index contributed by atoms with van der Waals surface area (Å²) in [5, 5.41) is 7.28. The highest BCUT2D eigenvalue weighted by molar-refractivity contribution is 5.57. The molecule has 0 radical (unpaired) electrons. The van der Waals surface area contributed by atoms with E-state index in [1.54, 1.807) is 12.1 Å². The van der Waals surface area contributed by atoms with Gasteiger partial charge in [0, 0.05) is 12.1 Å². The van der Waals surface area contributed by atoms with Crippen molar-refractivity contribution in [2.45, 2.75) is 12.8 Å². The molecular formula is C14H16FN3O2. The van der Waals surface area contributed by atoms with E-state index in [-0.39, 0.29) is 11.7 Å². The van der Waals surface area contributed by atoms with Crippen LogP contribution in [0.1, 0.15) is 18.7 Å². The highest BCUT2D eigenvalue weighted by atomic mass is 19.1. The predicted octanol–water partition coefficient (Wildman–Crippen LogP) is 2.21. The molecule has 1 aliphatic rings. The number of nitrogens with zero attached hydrogens (tertiary/aromatic N) is 2. The van der Waals surface area contributed by atoms with Crippen molar-refractivity contribution >= 4 is 0 Å². The predicted molar refractivity (Wildman–Crippen MR) is 71.0 cm³/mol. The van der Waals surface area contributed by atoms with Crippen LogP contribution in [0.3, 0.4) is 0 Å². The third kappa shape index (κ3) is 2.27. The van der Waals surface area contributed by atoms with Gasteiger partial charge in [0.05, 0.1) is 13.0 Å². The van der Waals surface area contributed by atoms with Crippen LogP contribution >= 0.6 is 0 Å². The molecule has 3 rings (SSSR count). The van der Waals surface area contributed by atoms with E-state index in [0.717, 1.165) is 13.1 Å². The molecule has 2 atom stereocenters. The summed E-state index contributed by atoms with van der Waals surface area (Å²) in [6.07, 6.45) is 0. The lowest BCUT2D eigenvalue weighted by molar-refractivity contribution is 0.340. The van der Waals surface area contributed by atoms with Gasteiger partial charge in [0.1, 0.15) is 0 Å². The number of ether oxygens (including phenoxy) is 1. The summed E-state index contributed by atoms with van der Waals surface area (Å²) in [5.41, 5.74) is 0.678. The molecule has 0 bridgehead atoms. The molecule has 20 heavy (non-hydrogen) atoms. The van der Waals surface area contributed by atoms with Crippen molar-refractivity contribution in [1.29, 1.82) is 0 Å².